The van der Waals surface area contributed by atoms with Crippen LogP contribution in [0.2, 0.25) is 0 Å². The second-order valence-corrected chi connectivity index (χ2v) is 0.492. The molecule has 0 aromatic heterocycles. The third kappa shape index (κ3) is 42.8. The second kappa shape index (κ2) is 9.88. The first-order valence-corrected chi connectivity index (χ1v) is 0.908. The Kier molecular flexibility index (Phi) is 25.8. The van der Waals surface area contributed by atoms with Gasteiger partial charge in [-0.2, -0.15) is 0 Å². The van der Waals surface area contributed by atoms with Crippen LogP contribution in [0.3, 0.4) is 0 Å². The Bertz CT molecular complexity index is 34.5. The third-order valence-corrected chi connectivity index (χ3v) is 0. The summed E-state index contributed by atoms with van der Waals surface area (Å²) in [5, 5.41) is 8.89. The van der Waals surface area contributed by atoms with Gasteiger partial charge >= 0.3 is 67.3 Å². The predicted octanol–water partition coefficient (Wildman–Crippen LogP) is -5.16. The van der Waals surface area contributed by atoms with Gasteiger partial charge in [0.05, 0.1) is 0 Å². The molecule has 0 aliphatic rings. The van der Waals surface area contributed by atoms with Crippen LogP contribution in [-0.4, -0.2) is 43.7 Å². The fourth-order valence-electron chi connectivity index (χ4n) is 0. The summed E-state index contributed by atoms with van der Waals surface area (Å²) in [5.41, 5.74) is 0. The molecule has 0 saturated carbocycles. The SMILES string of the molecule is CC(=O)[O-].[CaH2].[Na+]. The van der Waals surface area contributed by atoms with E-state index in [0.717, 1.165) is 6.92 Å². The number of carbonyl (C=O) groups excluding carboxylic acids is 1. The molecule has 0 aliphatic carbocycles. The molecule has 0 N–H and O–H groups in total. The number of rotatable bonds is 0. The average molecular weight is 124 g/mol. The molecular weight excluding hydrogens is 119 g/mol. The fourth-order valence-corrected chi connectivity index (χ4v) is 0. The molecular formula is C2H5CaNaO2. The molecule has 0 unspecified atom stereocenters. The van der Waals surface area contributed by atoms with Crippen LogP contribution in [-0.2, 0) is 4.79 Å². The van der Waals surface area contributed by atoms with E-state index in [1.807, 2.05) is 0 Å². The molecule has 0 amide bonds. The standard InChI is InChI=1S/C2H4O2.Ca.Na.2H/c1-2(3)4;;;;/h1H3,(H,3,4);;;;/q;;+1;;/p-1. The largest absolute Gasteiger partial charge is 1.00 e. The smallest absolute Gasteiger partial charge is 1.00 e. The Balaban J connectivity index is -0.0000000450. The molecule has 0 heterocycles. The molecule has 4 heteroatoms. The van der Waals surface area contributed by atoms with Gasteiger partial charge in [-0.05, 0) is 6.92 Å². The number of carboxylic acid groups (broad SMARTS) is 1. The minimum absolute atomic E-state index is 0. The molecule has 0 spiro atoms. The fraction of sp³-hybridized carbons (Fsp3) is 0.500. The van der Waals surface area contributed by atoms with Gasteiger partial charge in [-0.3, -0.25) is 0 Å². The molecule has 6 heavy (non-hydrogen) atoms. The molecule has 0 radical (unpaired) electrons. The first-order chi connectivity index (χ1) is 1.73. The number of hydrogen-bond acceptors (Lipinski definition) is 2. The molecule has 0 saturated heterocycles. The van der Waals surface area contributed by atoms with E-state index >= 15 is 0 Å². The number of carbonyl (C=O) groups is 1. The van der Waals surface area contributed by atoms with Crippen molar-refractivity contribution < 1.29 is 39.5 Å². The zero-order chi connectivity index (χ0) is 3.58. The van der Waals surface area contributed by atoms with Crippen LogP contribution in [0, 0.1) is 0 Å². The van der Waals surface area contributed by atoms with E-state index in [9.17, 15) is 0 Å². The van der Waals surface area contributed by atoms with E-state index in [0.29, 0.717) is 0 Å². The summed E-state index contributed by atoms with van der Waals surface area (Å²) in [5.74, 6) is -1.08. The number of carboxylic acids is 1. The van der Waals surface area contributed by atoms with Crippen LogP contribution in [0.5, 0.6) is 0 Å². The number of aliphatic carboxylic acids is 1. The van der Waals surface area contributed by atoms with E-state index in [1.54, 1.807) is 0 Å². The minimum atomic E-state index is -1.08. The van der Waals surface area contributed by atoms with Gasteiger partial charge < -0.3 is 9.90 Å². The summed E-state index contributed by atoms with van der Waals surface area (Å²) < 4.78 is 0. The molecule has 0 aromatic rings. The molecule has 28 valence electrons. The maximum atomic E-state index is 8.89. The summed E-state index contributed by atoms with van der Waals surface area (Å²) in [6.45, 7) is 0.972. The topological polar surface area (TPSA) is 40.1 Å². The van der Waals surface area contributed by atoms with Crippen molar-refractivity contribution in [2.75, 3.05) is 0 Å². The summed E-state index contributed by atoms with van der Waals surface area (Å²) in [7, 11) is 0. The van der Waals surface area contributed by atoms with Gasteiger partial charge in [-0.25, -0.2) is 0 Å². The maximum Gasteiger partial charge on any atom is 1.00 e. The Labute approximate surface area is 88.6 Å². The van der Waals surface area contributed by atoms with Crippen LogP contribution in [0.4, 0.5) is 0 Å². The normalized spacial score (nSPS) is 4.17. The number of hydrogen-bond donors (Lipinski definition) is 0. The van der Waals surface area contributed by atoms with E-state index in [4.69, 9.17) is 9.90 Å². The van der Waals surface area contributed by atoms with Gasteiger partial charge in [0.25, 0.3) is 0 Å². The van der Waals surface area contributed by atoms with Crippen molar-refractivity contribution >= 4 is 43.7 Å². The van der Waals surface area contributed by atoms with Crippen molar-refractivity contribution in [1.29, 1.82) is 0 Å². The van der Waals surface area contributed by atoms with Gasteiger partial charge in [0.15, 0.2) is 0 Å². The monoisotopic (exact) mass is 124 g/mol. The van der Waals surface area contributed by atoms with Gasteiger partial charge in [0.1, 0.15) is 0 Å². The Morgan fingerprint density at radius 1 is 1.67 bits per heavy atom. The quantitative estimate of drug-likeness (QED) is 0.303. The van der Waals surface area contributed by atoms with Gasteiger partial charge in [-0.1, -0.05) is 0 Å². The van der Waals surface area contributed by atoms with Crippen LogP contribution < -0.4 is 34.7 Å². The molecule has 0 atom stereocenters. The Hall–Kier alpha value is 1.73. The van der Waals surface area contributed by atoms with Crippen LogP contribution in [0.15, 0.2) is 0 Å². The summed E-state index contributed by atoms with van der Waals surface area (Å²) in [4.78, 5) is 8.89. The third-order valence-electron chi connectivity index (χ3n) is 0. The molecule has 2 nitrogen and oxygen atoms in total. The second-order valence-electron chi connectivity index (χ2n) is 0.492. The van der Waals surface area contributed by atoms with Crippen molar-refractivity contribution in [2.45, 2.75) is 6.92 Å². The zero-order valence-corrected chi connectivity index (χ0v) is 5.32. The first kappa shape index (κ1) is 15.6. The summed E-state index contributed by atoms with van der Waals surface area (Å²) >= 11 is 0. The van der Waals surface area contributed by atoms with Crippen molar-refractivity contribution in [2.24, 2.45) is 0 Å². The predicted molar refractivity (Wildman–Crippen MR) is 19.2 cm³/mol. The maximum absolute atomic E-state index is 8.89. The van der Waals surface area contributed by atoms with E-state index < -0.39 is 5.97 Å². The van der Waals surface area contributed by atoms with Crippen LogP contribution in [0.25, 0.3) is 0 Å². The van der Waals surface area contributed by atoms with Crippen molar-refractivity contribution in [1.82, 2.24) is 0 Å². The van der Waals surface area contributed by atoms with Crippen molar-refractivity contribution in [3.8, 4) is 0 Å². The molecule has 0 aromatic carbocycles. The van der Waals surface area contributed by atoms with Crippen LogP contribution in [0.1, 0.15) is 6.92 Å². The van der Waals surface area contributed by atoms with E-state index in [2.05, 4.69) is 0 Å². The van der Waals surface area contributed by atoms with Crippen molar-refractivity contribution in [3.05, 3.63) is 0 Å². The summed E-state index contributed by atoms with van der Waals surface area (Å²) in [6.07, 6.45) is 0. The van der Waals surface area contributed by atoms with Gasteiger partial charge in [-0.15, -0.1) is 0 Å². The van der Waals surface area contributed by atoms with Crippen LogP contribution >= 0.6 is 0 Å². The molecule has 0 rings (SSSR count). The van der Waals surface area contributed by atoms with E-state index in [1.165, 1.54) is 0 Å². The summed E-state index contributed by atoms with van der Waals surface area (Å²) in [6, 6.07) is 0. The molecule has 0 aliphatic heterocycles. The minimum Gasteiger partial charge on any atom is 1.00 e. The first-order valence-electron chi connectivity index (χ1n) is 0.908. The van der Waals surface area contributed by atoms with Gasteiger partial charge in [0, 0.05) is 5.97 Å². The Morgan fingerprint density at radius 3 is 1.67 bits per heavy atom. The van der Waals surface area contributed by atoms with Gasteiger partial charge in [0.2, 0.25) is 0 Å². The Morgan fingerprint density at radius 2 is 1.67 bits per heavy atom. The molecule has 0 fully saturated rings. The molecule has 0 bridgehead atoms. The zero-order valence-electron chi connectivity index (χ0n) is 3.32. The average Bonchev–Trinajstić information content (AvgIpc) is 0.811. The van der Waals surface area contributed by atoms with E-state index in [-0.39, 0.29) is 67.3 Å². The van der Waals surface area contributed by atoms with Crippen molar-refractivity contribution in [3.63, 3.8) is 0 Å².